The normalized spacial score (nSPS) is 18.2. The Morgan fingerprint density at radius 2 is 1.97 bits per heavy atom. The second-order valence-electron chi connectivity index (χ2n) is 8.51. The van der Waals surface area contributed by atoms with E-state index in [2.05, 4.69) is 0 Å². The largest absolute Gasteiger partial charge is 0.497 e. The Hall–Kier alpha value is -3.09. The Morgan fingerprint density at radius 1 is 1.18 bits per heavy atom. The van der Waals surface area contributed by atoms with Crippen molar-refractivity contribution in [3.05, 3.63) is 70.3 Å². The number of ether oxygens (including phenoxy) is 1. The van der Waals surface area contributed by atoms with Crippen LogP contribution in [0, 0.1) is 0 Å². The van der Waals surface area contributed by atoms with Gasteiger partial charge in [0.15, 0.2) is 11.6 Å². The lowest BCUT2D eigenvalue weighted by molar-refractivity contribution is -0.138. The second-order valence-corrected chi connectivity index (χ2v) is 8.51. The molecule has 1 saturated heterocycles. The number of halogens is 3. The molecule has 0 aromatic heterocycles. The number of alkyl halides is 3. The zero-order valence-electron chi connectivity index (χ0n) is 18.7. The zero-order chi connectivity index (χ0) is 23.8. The van der Waals surface area contributed by atoms with Gasteiger partial charge in [-0.15, -0.1) is 0 Å². The first-order valence-corrected chi connectivity index (χ1v) is 11.1. The van der Waals surface area contributed by atoms with Gasteiger partial charge in [0.25, 0.3) is 0 Å². The van der Waals surface area contributed by atoms with Crippen LogP contribution in [-0.4, -0.2) is 31.3 Å². The molecule has 33 heavy (non-hydrogen) atoms. The van der Waals surface area contributed by atoms with Crippen molar-refractivity contribution in [2.45, 2.75) is 51.2 Å². The van der Waals surface area contributed by atoms with Gasteiger partial charge in [-0.2, -0.15) is 13.2 Å². The van der Waals surface area contributed by atoms with Gasteiger partial charge in [-0.3, -0.25) is 9.59 Å². The summed E-state index contributed by atoms with van der Waals surface area (Å²) in [6.07, 6.45) is -0.434. The topological polar surface area (TPSA) is 46.6 Å². The van der Waals surface area contributed by atoms with E-state index in [-0.39, 0.29) is 17.2 Å². The number of benzene rings is 2. The number of Topliss-reactive ketones (excluding diaryl/α,β-unsaturated/α-hetero) is 2. The van der Waals surface area contributed by atoms with Crippen molar-refractivity contribution < 1.29 is 27.5 Å². The maximum atomic E-state index is 13.9. The van der Waals surface area contributed by atoms with Crippen molar-refractivity contribution in [2.24, 2.45) is 0 Å². The van der Waals surface area contributed by atoms with Crippen LogP contribution in [-0.2, 0) is 23.8 Å². The molecular formula is C26H26F3NO3. The van der Waals surface area contributed by atoms with Crippen LogP contribution >= 0.6 is 0 Å². The molecule has 0 spiro atoms. The number of anilines is 1. The monoisotopic (exact) mass is 457 g/mol. The summed E-state index contributed by atoms with van der Waals surface area (Å²) < 4.78 is 46.9. The minimum absolute atomic E-state index is 0.0708. The fourth-order valence-electron chi connectivity index (χ4n) is 4.79. The van der Waals surface area contributed by atoms with Crippen LogP contribution in [0.3, 0.4) is 0 Å². The highest BCUT2D eigenvalue weighted by atomic mass is 19.4. The lowest BCUT2D eigenvalue weighted by Crippen LogP contribution is -2.29. The molecule has 0 amide bonds. The van der Waals surface area contributed by atoms with E-state index in [0.717, 1.165) is 37.4 Å². The van der Waals surface area contributed by atoms with Crippen LogP contribution in [0.2, 0.25) is 0 Å². The smallest absolute Gasteiger partial charge is 0.416 e. The van der Waals surface area contributed by atoms with E-state index in [0.29, 0.717) is 23.4 Å². The molecule has 0 bridgehead atoms. The Balaban J connectivity index is 1.61. The predicted octanol–water partition coefficient (Wildman–Crippen LogP) is 5.57. The molecule has 1 heterocycles. The van der Waals surface area contributed by atoms with Crippen LogP contribution in [0.1, 0.15) is 53.2 Å². The first kappa shape index (κ1) is 23.1. The van der Waals surface area contributed by atoms with Crippen molar-refractivity contribution in [2.75, 3.05) is 18.6 Å². The van der Waals surface area contributed by atoms with E-state index in [1.807, 2.05) is 11.8 Å². The van der Waals surface area contributed by atoms with Crippen LogP contribution in [0.15, 0.2) is 48.0 Å². The van der Waals surface area contributed by atoms with Crippen molar-refractivity contribution in [1.29, 1.82) is 0 Å². The molecule has 2 aromatic rings. The molecule has 7 heteroatoms. The molecule has 1 fully saturated rings. The number of hydrogen-bond acceptors (Lipinski definition) is 4. The summed E-state index contributed by atoms with van der Waals surface area (Å²) in [5.41, 5.74) is 0.630. The Morgan fingerprint density at radius 3 is 2.67 bits per heavy atom. The Bertz CT molecular complexity index is 1120. The number of fused-ring (bicyclic) bond motifs is 1. The van der Waals surface area contributed by atoms with Crippen molar-refractivity contribution >= 4 is 17.3 Å². The highest BCUT2D eigenvalue weighted by molar-refractivity contribution is 6.27. The number of methoxy groups -OCH3 is 1. The summed E-state index contributed by atoms with van der Waals surface area (Å²) in [6.45, 7) is 2.75. The Labute approximate surface area is 191 Å². The molecule has 0 saturated carbocycles. The number of nitrogens with zero attached hydrogens (tertiary/aromatic N) is 1. The summed E-state index contributed by atoms with van der Waals surface area (Å²) >= 11 is 0. The summed E-state index contributed by atoms with van der Waals surface area (Å²) in [4.78, 5) is 27.9. The van der Waals surface area contributed by atoms with E-state index in [1.165, 1.54) is 19.3 Å². The van der Waals surface area contributed by atoms with Gasteiger partial charge < -0.3 is 9.64 Å². The van der Waals surface area contributed by atoms with Gasteiger partial charge in [-0.1, -0.05) is 25.1 Å². The molecule has 0 radical (unpaired) electrons. The van der Waals surface area contributed by atoms with E-state index in [1.54, 1.807) is 24.3 Å². The quantitative estimate of drug-likeness (QED) is 0.532. The third kappa shape index (κ3) is 4.54. The van der Waals surface area contributed by atoms with Crippen molar-refractivity contribution in [3.63, 3.8) is 0 Å². The van der Waals surface area contributed by atoms with Crippen molar-refractivity contribution in [1.82, 2.24) is 0 Å². The summed E-state index contributed by atoms with van der Waals surface area (Å²) in [6, 6.07) is 9.46. The van der Waals surface area contributed by atoms with E-state index >= 15 is 0 Å². The zero-order valence-corrected chi connectivity index (χ0v) is 18.7. The minimum Gasteiger partial charge on any atom is -0.497 e. The van der Waals surface area contributed by atoms with Crippen LogP contribution in [0.4, 0.5) is 18.9 Å². The first-order valence-electron chi connectivity index (χ1n) is 11.1. The number of ketones is 2. The highest BCUT2D eigenvalue weighted by Gasteiger charge is 2.36. The molecule has 4 nitrogen and oxygen atoms in total. The van der Waals surface area contributed by atoms with Crippen LogP contribution in [0.25, 0.3) is 0 Å². The molecular weight excluding hydrogens is 431 g/mol. The van der Waals surface area contributed by atoms with Gasteiger partial charge in [0.1, 0.15) is 5.75 Å². The maximum absolute atomic E-state index is 13.9. The van der Waals surface area contributed by atoms with Gasteiger partial charge >= 0.3 is 6.18 Å². The van der Waals surface area contributed by atoms with Crippen LogP contribution < -0.4 is 9.64 Å². The number of carbonyl (C=O) groups is 2. The average Bonchev–Trinajstić information content (AvgIpc) is 3.27. The molecule has 2 aliphatic rings. The molecule has 4 rings (SSSR count). The highest BCUT2D eigenvalue weighted by Crippen LogP contribution is 2.37. The fourth-order valence-corrected chi connectivity index (χ4v) is 4.79. The predicted molar refractivity (Wildman–Crippen MR) is 120 cm³/mol. The molecule has 1 aliphatic heterocycles. The van der Waals surface area contributed by atoms with E-state index in [9.17, 15) is 22.8 Å². The number of allylic oxidation sites excluding steroid dienone is 2. The third-order valence-corrected chi connectivity index (χ3v) is 6.56. The lowest BCUT2D eigenvalue weighted by Gasteiger charge is -2.27. The van der Waals surface area contributed by atoms with Gasteiger partial charge in [-0.25, -0.2) is 0 Å². The standard InChI is InChI=1S/C26H26F3NO3/c1-3-18-5-4-12-30(18)19-9-6-17(23(14-19)26(27,28)29)13-24(31)21-11-8-16-7-10-20(33-2)15-22(16)25(21)32/h6-7,9-11,14-15,18H,3-5,8,12-13H2,1-2H3. The van der Waals surface area contributed by atoms with Gasteiger partial charge in [0.05, 0.1) is 18.2 Å². The maximum Gasteiger partial charge on any atom is 0.416 e. The van der Waals surface area contributed by atoms with Gasteiger partial charge in [0.2, 0.25) is 0 Å². The number of carbonyl (C=O) groups excluding carboxylic acids is 2. The average molecular weight is 457 g/mol. The van der Waals surface area contributed by atoms with Crippen LogP contribution in [0.5, 0.6) is 5.75 Å². The molecule has 1 atom stereocenters. The molecule has 2 aromatic carbocycles. The third-order valence-electron chi connectivity index (χ3n) is 6.56. The summed E-state index contributed by atoms with van der Waals surface area (Å²) in [7, 11) is 1.48. The lowest BCUT2D eigenvalue weighted by atomic mass is 9.86. The number of rotatable bonds is 6. The fraction of sp³-hybridized carbons (Fsp3) is 0.385. The molecule has 0 N–H and O–H groups in total. The first-order chi connectivity index (χ1) is 15.7. The number of hydrogen-bond donors (Lipinski definition) is 0. The van der Waals surface area contributed by atoms with E-state index < -0.39 is 29.7 Å². The second kappa shape index (κ2) is 9.04. The molecule has 174 valence electrons. The SMILES string of the molecule is CCC1CCCN1c1ccc(CC(=O)C2=CCc3ccc(OC)cc3C2=O)c(C(F)(F)F)c1. The Kier molecular flexibility index (Phi) is 6.32. The van der Waals surface area contributed by atoms with E-state index in [4.69, 9.17) is 4.74 Å². The summed E-state index contributed by atoms with van der Waals surface area (Å²) in [5, 5.41) is 0. The molecule has 1 unspecified atom stereocenters. The van der Waals surface area contributed by atoms with Gasteiger partial charge in [0, 0.05) is 30.3 Å². The molecule has 1 aliphatic carbocycles. The van der Waals surface area contributed by atoms with Crippen molar-refractivity contribution in [3.8, 4) is 5.75 Å². The summed E-state index contributed by atoms with van der Waals surface area (Å²) in [5.74, 6) is -0.606. The minimum atomic E-state index is -4.60. The van der Waals surface area contributed by atoms with Gasteiger partial charge in [-0.05, 0) is 61.1 Å².